The van der Waals surface area contributed by atoms with Crippen LogP contribution in [0.25, 0.3) is 0 Å². The van der Waals surface area contributed by atoms with Crippen LogP contribution in [-0.2, 0) is 0 Å². The van der Waals surface area contributed by atoms with Gasteiger partial charge < -0.3 is 10.4 Å². The highest BCUT2D eigenvalue weighted by molar-refractivity contribution is 5.95. The second-order valence-corrected chi connectivity index (χ2v) is 3.99. The van der Waals surface area contributed by atoms with Crippen LogP contribution in [0, 0.1) is 11.3 Å². The van der Waals surface area contributed by atoms with Gasteiger partial charge in [-0.05, 0) is 38.5 Å². The third-order valence-corrected chi connectivity index (χ3v) is 2.51. The lowest BCUT2D eigenvalue weighted by atomic mass is 10.1. The molecule has 1 aromatic carbocycles. The first kappa shape index (κ1) is 13.2. The molecule has 1 unspecified atom stereocenters. The van der Waals surface area contributed by atoms with E-state index in [4.69, 9.17) is 10.4 Å². The summed E-state index contributed by atoms with van der Waals surface area (Å²) in [6.45, 7) is 3.49. The summed E-state index contributed by atoms with van der Waals surface area (Å²) >= 11 is 0. The first-order valence-electron chi connectivity index (χ1n) is 5.51. The molecule has 0 saturated heterocycles. The van der Waals surface area contributed by atoms with Crippen LogP contribution >= 0.6 is 0 Å². The molecule has 0 saturated carbocycles. The highest BCUT2D eigenvalue weighted by atomic mass is 16.3. The Kier molecular flexibility index (Phi) is 4.68. The molecule has 0 bridgehead atoms. The third-order valence-electron chi connectivity index (χ3n) is 2.51. The minimum atomic E-state index is -0.0349. The summed E-state index contributed by atoms with van der Waals surface area (Å²) in [4.78, 5) is 11.3. The van der Waals surface area contributed by atoms with E-state index in [2.05, 4.69) is 11.4 Å². The van der Waals surface area contributed by atoms with Crippen molar-refractivity contribution in [3.63, 3.8) is 0 Å². The lowest BCUT2D eigenvalue weighted by molar-refractivity contribution is 0.101. The number of Topliss-reactive ketones (excluding diaryl/α,β-unsaturated/α-hetero) is 1. The van der Waals surface area contributed by atoms with Gasteiger partial charge in [-0.2, -0.15) is 5.26 Å². The first-order chi connectivity index (χ1) is 8.08. The zero-order chi connectivity index (χ0) is 12.8. The smallest absolute Gasteiger partial charge is 0.159 e. The van der Waals surface area contributed by atoms with E-state index in [0.29, 0.717) is 23.2 Å². The van der Waals surface area contributed by atoms with Crippen LogP contribution in [-0.4, -0.2) is 23.5 Å². The number of nitrogens with zero attached hydrogens (tertiary/aromatic N) is 1. The number of aliphatic hydroxyl groups is 1. The van der Waals surface area contributed by atoms with E-state index in [1.807, 2.05) is 6.92 Å². The Labute approximate surface area is 101 Å². The van der Waals surface area contributed by atoms with Crippen LogP contribution in [0.15, 0.2) is 18.2 Å². The van der Waals surface area contributed by atoms with E-state index in [1.165, 1.54) is 6.92 Å². The molecule has 2 N–H and O–H groups in total. The van der Waals surface area contributed by atoms with E-state index < -0.39 is 0 Å². The number of benzene rings is 1. The quantitative estimate of drug-likeness (QED) is 0.761. The van der Waals surface area contributed by atoms with Crippen LogP contribution in [0.2, 0.25) is 0 Å². The average molecular weight is 232 g/mol. The lowest BCUT2D eigenvalue weighted by Gasteiger charge is -2.15. The van der Waals surface area contributed by atoms with Crippen molar-refractivity contribution in [2.24, 2.45) is 0 Å². The van der Waals surface area contributed by atoms with Gasteiger partial charge in [0, 0.05) is 18.2 Å². The van der Waals surface area contributed by atoms with Gasteiger partial charge in [-0.25, -0.2) is 0 Å². The molecule has 0 radical (unpaired) electrons. The Balaban J connectivity index is 2.99. The standard InChI is InChI=1S/C13H16N2O2/c1-9(5-6-16)15-13-7-11(10(2)17)3-4-12(13)8-14/h3-4,7,9,15-16H,5-6H2,1-2H3. The number of ketones is 1. The van der Waals surface area contributed by atoms with Crippen molar-refractivity contribution in [2.75, 3.05) is 11.9 Å². The molecule has 0 spiro atoms. The summed E-state index contributed by atoms with van der Waals surface area (Å²) in [7, 11) is 0. The number of carbonyl (C=O) groups is 1. The normalized spacial score (nSPS) is 11.6. The van der Waals surface area contributed by atoms with Crippen LogP contribution in [0.1, 0.15) is 36.2 Å². The Hall–Kier alpha value is -1.86. The minimum Gasteiger partial charge on any atom is -0.396 e. The van der Waals surface area contributed by atoms with Crippen LogP contribution in [0.3, 0.4) is 0 Å². The highest BCUT2D eigenvalue weighted by Crippen LogP contribution is 2.19. The Morgan fingerprint density at radius 3 is 2.82 bits per heavy atom. The summed E-state index contributed by atoms with van der Waals surface area (Å²) in [6.07, 6.45) is 0.592. The van der Waals surface area contributed by atoms with E-state index in [9.17, 15) is 4.79 Å². The monoisotopic (exact) mass is 232 g/mol. The molecule has 0 aliphatic rings. The molecule has 90 valence electrons. The SMILES string of the molecule is CC(=O)c1ccc(C#N)c(NC(C)CCO)c1. The van der Waals surface area contributed by atoms with Gasteiger partial charge in [0.1, 0.15) is 6.07 Å². The third kappa shape index (κ3) is 3.58. The van der Waals surface area contributed by atoms with Gasteiger partial charge >= 0.3 is 0 Å². The van der Waals surface area contributed by atoms with Crippen molar-refractivity contribution in [3.8, 4) is 6.07 Å². The number of hydrogen-bond acceptors (Lipinski definition) is 4. The van der Waals surface area contributed by atoms with Gasteiger partial charge in [0.05, 0.1) is 11.3 Å². The van der Waals surface area contributed by atoms with Crippen molar-refractivity contribution in [2.45, 2.75) is 26.3 Å². The van der Waals surface area contributed by atoms with Crippen LogP contribution < -0.4 is 5.32 Å². The Bertz CT molecular complexity index is 449. The molecule has 0 fully saturated rings. The van der Waals surface area contributed by atoms with Gasteiger partial charge in [-0.3, -0.25) is 4.79 Å². The van der Waals surface area contributed by atoms with Gasteiger partial charge in [0.2, 0.25) is 0 Å². The molecule has 0 aromatic heterocycles. The fourth-order valence-corrected chi connectivity index (χ4v) is 1.51. The second kappa shape index (κ2) is 6.02. The number of carbonyl (C=O) groups excluding carboxylic acids is 1. The molecular weight excluding hydrogens is 216 g/mol. The zero-order valence-electron chi connectivity index (χ0n) is 10.0. The van der Waals surface area contributed by atoms with Crippen molar-refractivity contribution >= 4 is 11.5 Å². The summed E-state index contributed by atoms with van der Waals surface area (Å²) in [6, 6.07) is 7.07. The molecule has 0 heterocycles. The number of rotatable bonds is 5. The number of anilines is 1. The molecule has 1 aromatic rings. The fraction of sp³-hybridized carbons (Fsp3) is 0.385. The number of hydrogen-bond donors (Lipinski definition) is 2. The predicted molar refractivity (Wildman–Crippen MR) is 65.9 cm³/mol. The van der Waals surface area contributed by atoms with E-state index in [0.717, 1.165) is 0 Å². The summed E-state index contributed by atoms with van der Waals surface area (Å²) in [5.74, 6) is -0.0349. The molecule has 0 amide bonds. The topological polar surface area (TPSA) is 73.1 Å². The van der Waals surface area contributed by atoms with Crippen molar-refractivity contribution in [1.82, 2.24) is 0 Å². The molecular formula is C13H16N2O2. The molecule has 4 heteroatoms. The van der Waals surface area contributed by atoms with Gasteiger partial charge in [0.15, 0.2) is 5.78 Å². The Morgan fingerprint density at radius 2 is 2.29 bits per heavy atom. The molecule has 0 aliphatic carbocycles. The predicted octanol–water partition coefficient (Wildman–Crippen LogP) is 1.94. The molecule has 17 heavy (non-hydrogen) atoms. The molecule has 0 aliphatic heterocycles. The largest absolute Gasteiger partial charge is 0.396 e. The maximum atomic E-state index is 11.3. The molecule has 1 atom stereocenters. The fourth-order valence-electron chi connectivity index (χ4n) is 1.51. The maximum Gasteiger partial charge on any atom is 0.159 e. The average Bonchev–Trinajstić information content (AvgIpc) is 2.29. The lowest BCUT2D eigenvalue weighted by Crippen LogP contribution is -2.17. The molecule has 1 rings (SSSR count). The van der Waals surface area contributed by atoms with E-state index >= 15 is 0 Å². The van der Waals surface area contributed by atoms with E-state index in [1.54, 1.807) is 18.2 Å². The first-order valence-corrected chi connectivity index (χ1v) is 5.51. The van der Waals surface area contributed by atoms with Crippen molar-refractivity contribution < 1.29 is 9.90 Å². The number of nitrogens with one attached hydrogen (secondary N) is 1. The van der Waals surface area contributed by atoms with Gasteiger partial charge in [-0.1, -0.05) is 0 Å². The van der Waals surface area contributed by atoms with Crippen LogP contribution in [0.4, 0.5) is 5.69 Å². The number of aliphatic hydroxyl groups excluding tert-OH is 1. The maximum absolute atomic E-state index is 11.3. The van der Waals surface area contributed by atoms with Crippen molar-refractivity contribution in [1.29, 1.82) is 5.26 Å². The Morgan fingerprint density at radius 1 is 1.59 bits per heavy atom. The van der Waals surface area contributed by atoms with Crippen molar-refractivity contribution in [3.05, 3.63) is 29.3 Å². The zero-order valence-corrected chi connectivity index (χ0v) is 10.0. The summed E-state index contributed by atoms with van der Waals surface area (Å²) in [5.41, 5.74) is 1.71. The summed E-state index contributed by atoms with van der Waals surface area (Å²) in [5, 5.41) is 20.9. The number of nitriles is 1. The summed E-state index contributed by atoms with van der Waals surface area (Å²) < 4.78 is 0. The van der Waals surface area contributed by atoms with Crippen LogP contribution in [0.5, 0.6) is 0 Å². The molecule has 4 nitrogen and oxygen atoms in total. The van der Waals surface area contributed by atoms with Gasteiger partial charge in [0.25, 0.3) is 0 Å². The highest BCUT2D eigenvalue weighted by Gasteiger charge is 2.08. The minimum absolute atomic E-state index is 0.0349. The second-order valence-electron chi connectivity index (χ2n) is 3.99. The van der Waals surface area contributed by atoms with E-state index in [-0.39, 0.29) is 18.4 Å². The van der Waals surface area contributed by atoms with Gasteiger partial charge in [-0.15, -0.1) is 0 Å².